The molecule has 144 valence electrons. The summed E-state index contributed by atoms with van der Waals surface area (Å²) in [7, 11) is -3.42. The fourth-order valence-corrected chi connectivity index (χ4v) is 5.73. The van der Waals surface area contributed by atoms with Crippen LogP contribution in [0.15, 0.2) is 0 Å². The van der Waals surface area contributed by atoms with Gasteiger partial charge in [0.05, 0.1) is 0 Å². The first-order valence-corrected chi connectivity index (χ1v) is 11.2. The molecular weight excluding hydrogens is 340 g/mol. The number of hydrogen-bond donors (Lipinski definition) is 1. The highest BCUT2D eigenvalue weighted by molar-refractivity contribution is 7.86. The minimum atomic E-state index is -3.42. The molecule has 3 aliphatic rings. The van der Waals surface area contributed by atoms with Gasteiger partial charge >= 0.3 is 6.03 Å². The van der Waals surface area contributed by atoms with E-state index < -0.39 is 10.2 Å². The average molecular weight is 373 g/mol. The number of piperidine rings is 1. The van der Waals surface area contributed by atoms with E-state index in [1.165, 1.54) is 0 Å². The van der Waals surface area contributed by atoms with Crippen LogP contribution in [0.2, 0.25) is 0 Å². The maximum Gasteiger partial charge on any atom is 0.317 e. The van der Waals surface area contributed by atoms with Crippen molar-refractivity contribution >= 4 is 16.2 Å². The van der Waals surface area contributed by atoms with Crippen LogP contribution >= 0.6 is 0 Å². The molecule has 1 atom stereocenters. The van der Waals surface area contributed by atoms with Gasteiger partial charge in [0.2, 0.25) is 0 Å². The van der Waals surface area contributed by atoms with Gasteiger partial charge in [-0.2, -0.15) is 17.0 Å². The molecule has 8 heteroatoms. The first-order chi connectivity index (χ1) is 12.0. The van der Waals surface area contributed by atoms with E-state index in [2.05, 4.69) is 12.2 Å². The summed E-state index contributed by atoms with van der Waals surface area (Å²) in [6, 6.07) is -0.123. The smallest absolute Gasteiger partial charge is 0.317 e. The molecule has 2 amide bonds. The number of amides is 2. The second kappa shape index (κ2) is 8.22. The second-order valence-corrected chi connectivity index (χ2v) is 9.71. The normalized spacial score (nSPS) is 28.0. The molecule has 0 aliphatic carbocycles. The van der Waals surface area contributed by atoms with Crippen LogP contribution in [0.4, 0.5) is 4.79 Å². The lowest BCUT2D eigenvalue weighted by molar-refractivity contribution is 0.201. The van der Waals surface area contributed by atoms with Crippen LogP contribution in [-0.4, -0.2) is 73.3 Å². The number of carbonyl (C=O) groups is 1. The standard InChI is InChI=1S/C17H32N4O3S/c1-15-7-12-20(13-8-15)25(23,24)21-11-3-2-6-16(14-21)18-17(22)19-9-4-5-10-19/h15-16H,2-14H2,1H3,(H,18,22). The van der Waals surface area contributed by atoms with Gasteiger partial charge in [-0.05, 0) is 44.4 Å². The molecule has 0 radical (unpaired) electrons. The van der Waals surface area contributed by atoms with Crippen LogP contribution in [-0.2, 0) is 10.2 Å². The van der Waals surface area contributed by atoms with Gasteiger partial charge in [0.15, 0.2) is 0 Å². The van der Waals surface area contributed by atoms with Gasteiger partial charge in [-0.3, -0.25) is 0 Å². The maximum atomic E-state index is 13.0. The monoisotopic (exact) mass is 372 g/mol. The predicted molar refractivity (Wildman–Crippen MR) is 97.4 cm³/mol. The van der Waals surface area contributed by atoms with E-state index in [4.69, 9.17) is 0 Å². The lowest BCUT2D eigenvalue weighted by Crippen LogP contribution is -2.52. The van der Waals surface area contributed by atoms with E-state index in [9.17, 15) is 13.2 Å². The Morgan fingerprint density at radius 1 is 0.880 bits per heavy atom. The van der Waals surface area contributed by atoms with E-state index in [1.807, 2.05) is 4.90 Å². The Kier molecular flexibility index (Phi) is 6.22. The van der Waals surface area contributed by atoms with Crippen molar-refractivity contribution < 1.29 is 13.2 Å². The number of nitrogens with one attached hydrogen (secondary N) is 1. The molecule has 0 aromatic rings. The fraction of sp³-hybridized carbons (Fsp3) is 0.941. The molecule has 0 aromatic carbocycles. The summed E-state index contributed by atoms with van der Waals surface area (Å²) in [6.45, 7) is 5.99. The summed E-state index contributed by atoms with van der Waals surface area (Å²) in [5.41, 5.74) is 0. The molecule has 3 aliphatic heterocycles. The number of nitrogens with zero attached hydrogens (tertiary/aromatic N) is 3. The molecule has 0 aromatic heterocycles. The highest BCUT2D eigenvalue weighted by Crippen LogP contribution is 2.23. The number of hydrogen-bond acceptors (Lipinski definition) is 3. The lowest BCUT2D eigenvalue weighted by atomic mass is 10.0. The first kappa shape index (κ1) is 18.9. The van der Waals surface area contributed by atoms with E-state index in [0.717, 1.165) is 58.0 Å². The topological polar surface area (TPSA) is 73.0 Å². The third-order valence-corrected chi connectivity index (χ3v) is 7.75. The summed E-state index contributed by atoms with van der Waals surface area (Å²) >= 11 is 0. The molecule has 3 saturated heterocycles. The Labute approximate surface area is 151 Å². The van der Waals surface area contributed by atoms with Crippen molar-refractivity contribution in [2.24, 2.45) is 5.92 Å². The van der Waals surface area contributed by atoms with Gasteiger partial charge in [0.1, 0.15) is 0 Å². The van der Waals surface area contributed by atoms with Crippen LogP contribution in [0, 0.1) is 5.92 Å². The highest BCUT2D eigenvalue weighted by Gasteiger charge is 2.35. The third-order valence-electron chi connectivity index (χ3n) is 5.75. The van der Waals surface area contributed by atoms with Gasteiger partial charge in [-0.15, -0.1) is 0 Å². The third kappa shape index (κ3) is 4.65. The van der Waals surface area contributed by atoms with E-state index in [0.29, 0.717) is 32.1 Å². The van der Waals surface area contributed by atoms with Crippen LogP contribution in [0.5, 0.6) is 0 Å². The van der Waals surface area contributed by atoms with Crippen molar-refractivity contribution in [3.8, 4) is 0 Å². The molecule has 25 heavy (non-hydrogen) atoms. The Morgan fingerprint density at radius 3 is 2.20 bits per heavy atom. The zero-order chi connectivity index (χ0) is 17.9. The quantitative estimate of drug-likeness (QED) is 0.818. The van der Waals surface area contributed by atoms with Crippen molar-refractivity contribution in [2.75, 3.05) is 39.3 Å². The molecular formula is C17H32N4O3S. The molecule has 0 spiro atoms. The Bertz CT molecular complexity index is 554. The van der Waals surface area contributed by atoms with Crippen LogP contribution in [0.1, 0.15) is 51.9 Å². The van der Waals surface area contributed by atoms with Crippen LogP contribution in [0.25, 0.3) is 0 Å². The zero-order valence-electron chi connectivity index (χ0n) is 15.3. The number of urea groups is 1. The molecule has 1 unspecified atom stereocenters. The Morgan fingerprint density at radius 2 is 1.52 bits per heavy atom. The Balaban J connectivity index is 1.61. The Hall–Kier alpha value is -0.860. The minimum Gasteiger partial charge on any atom is -0.334 e. The molecule has 1 N–H and O–H groups in total. The average Bonchev–Trinajstić information content (AvgIpc) is 3.02. The van der Waals surface area contributed by atoms with Gasteiger partial charge in [0, 0.05) is 45.3 Å². The van der Waals surface area contributed by atoms with Crippen molar-refractivity contribution in [1.29, 1.82) is 0 Å². The SMILES string of the molecule is CC1CCN(S(=O)(=O)N2CCCCC(NC(=O)N3CCCC3)C2)CC1. The maximum absolute atomic E-state index is 13.0. The van der Waals surface area contributed by atoms with Crippen molar-refractivity contribution in [1.82, 2.24) is 18.8 Å². The highest BCUT2D eigenvalue weighted by atomic mass is 32.2. The molecule has 3 rings (SSSR count). The van der Waals surface area contributed by atoms with Gasteiger partial charge < -0.3 is 10.2 Å². The number of rotatable bonds is 3. The summed E-state index contributed by atoms with van der Waals surface area (Å²) in [5, 5.41) is 3.08. The molecule has 7 nitrogen and oxygen atoms in total. The molecule has 0 bridgehead atoms. The van der Waals surface area contributed by atoms with Crippen molar-refractivity contribution in [3.63, 3.8) is 0 Å². The summed E-state index contributed by atoms with van der Waals surface area (Å²) in [4.78, 5) is 14.2. The molecule has 0 saturated carbocycles. The number of likely N-dealkylation sites (tertiary alicyclic amines) is 1. The van der Waals surface area contributed by atoms with Gasteiger partial charge in [0.25, 0.3) is 10.2 Å². The summed E-state index contributed by atoms with van der Waals surface area (Å²) in [5.74, 6) is 0.600. The van der Waals surface area contributed by atoms with Crippen LogP contribution < -0.4 is 5.32 Å². The predicted octanol–water partition coefficient (Wildman–Crippen LogP) is 1.62. The molecule has 3 fully saturated rings. The second-order valence-electron chi connectivity index (χ2n) is 7.78. The fourth-order valence-electron chi connectivity index (χ4n) is 4.00. The van der Waals surface area contributed by atoms with E-state index in [-0.39, 0.29) is 12.1 Å². The lowest BCUT2D eigenvalue weighted by Gasteiger charge is -2.34. The van der Waals surface area contributed by atoms with Crippen molar-refractivity contribution in [2.45, 2.75) is 57.9 Å². The zero-order valence-corrected chi connectivity index (χ0v) is 16.1. The van der Waals surface area contributed by atoms with Gasteiger partial charge in [-0.1, -0.05) is 13.3 Å². The largest absolute Gasteiger partial charge is 0.334 e. The minimum absolute atomic E-state index is 0.0338. The molecule has 3 heterocycles. The van der Waals surface area contributed by atoms with Crippen LogP contribution in [0.3, 0.4) is 0 Å². The van der Waals surface area contributed by atoms with E-state index in [1.54, 1.807) is 8.61 Å². The van der Waals surface area contributed by atoms with Gasteiger partial charge in [-0.25, -0.2) is 4.79 Å². The summed E-state index contributed by atoms with van der Waals surface area (Å²) < 4.78 is 29.3. The van der Waals surface area contributed by atoms with E-state index >= 15 is 0 Å². The number of carbonyl (C=O) groups excluding carboxylic acids is 1. The first-order valence-electron chi connectivity index (χ1n) is 9.77. The van der Waals surface area contributed by atoms with Crippen molar-refractivity contribution in [3.05, 3.63) is 0 Å². The summed E-state index contributed by atoms with van der Waals surface area (Å²) in [6.07, 6.45) is 6.65.